The molecule has 1 aliphatic heterocycles. The standard InChI is InChI=1S/C8H13F6N3O6S3/c1-24(18,19)16-25(20,21)7(11,12)6(9,10)8(13,14)26(22,23)17-4-2-15-3-5-17/h15-16H,2-5H2,1H3. The van der Waals surface area contributed by atoms with E-state index in [-0.39, 0.29) is 27.8 Å². The van der Waals surface area contributed by atoms with Crippen LogP contribution in [0.4, 0.5) is 26.3 Å². The van der Waals surface area contributed by atoms with Crippen molar-refractivity contribution in [2.75, 3.05) is 32.4 Å². The molecule has 0 bridgehead atoms. The highest BCUT2D eigenvalue weighted by molar-refractivity contribution is 8.05. The van der Waals surface area contributed by atoms with E-state index in [1.54, 1.807) is 0 Å². The van der Waals surface area contributed by atoms with Gasteiger partial charge in [-0.1, -0.05) is 0 Å². The van der Waals surface area contributed by atoms with Gasteiger partial charge in [0.15, 0.2) is 0 Å². The molecule has 1 rings (SSSR count). The zero-order valence-corrected chi connectivity index (χ0v) is 15.2. The lowest BCUT2D eigenvalue weighted by Gasteiger charge is -2.35. The van der Waals surface area contributed by atoms with Gasteiger partial charge in [0.05, 0.1) is 6.26 Å². The van der Waals surface area contributed by atoms with Crippen molar-refractivity contribution in [2.45, 2.75) is 16.4 Å². The van der Waals surface area contributed by atoms with Crippen LogP contribution in [0.15, 0.2) is 0 Å². The normalized spacial score (nSPS) is 19.5. The quantitative estimate of drug-likeness (QED) is 0.465. The average molecular weight is 457 g/mol. The van der Waals surface area contributed by atoms with Gasteiger partial charge >= 0.3 is 16.4 Å². The van der Waals surface area contributed by atoms with Gasteiger partial charge in [-0.2, -0.15) is 30.6 Å². The van der Waals surface area contributed by atoms with Gasteiger partial charge in [0.25, 0.3) is 20.0 Å². The minimum atomic E-state index is -7.00. The molecule has 0 unspecified atom stereocenters. The Kier molecular flexibility index (Phi) is 6.04. The molecule has 0 radical (unpaired) electrons. The maximum Gasteiger partial charge on any atom is 0.429 e. The van der Waals surface area contributed by atoms with Crippen molar-refractivity contribution in [3.05, 3.63) is 0 Å². The highest BCUT2D eigenvalue weighted by atomic mass is 32.3. The summed E-state index contributed by atoms with van der Waals surface area (Å²) in [7, 11) is -18.5. The highest BCUT2D eigenvalue weighted by Crippen LogP contribution is 2.51. The van der Waals surface area contributed by atoms with E-state index in [1.807, 2.05) is 0 Å². The molecule has 1 fully saturated rings. The molecule has 1 saturated heterocycles. The number of alkyl halides is 6. The lowest BCUT2D eigenvalue weighted by Crippen LogP contribution is -2.66. The van der Waals surface area contributed by atoms with Crippen LogP contribution in [0.1, 0.15) is 0 Å². The van der Waals surface area contributed by atoms with Crippen molar-refractivity contribution in [1.29, 1.82) is 0 Å². The summed E-state index contributed by atoms with van der Waals surface area (Å²) < 4.78 is 150. The van der Waals surface area contributed by atoms with Crippen LogP contribution in [0.25, 0.3) is 0 Å². The summed E-state index contributed by atoms with van der Waals surface area (Å²) in [5.74, 6) is -7.00. The van der Waals surface area contributed by atoms with Crippen molar-refractivity contribution in [3.8, 4) is 0 Å². The van der Waals surface area contributed by atoms with Crippen LogP contribution in [-0.4, -0.2) is 78.4 Å². The van der Waals surface area contributed by atoms with E-state index in [2.05, 4.69) is 5.32 Å². The fourth-order valence-electron chi connectivity index (χ4n) is 1.80. The third-order valence-corrected chi connectivity index (χ3v) is 8.04. The predicted molar refractivity (Wildman–Crippen MR) is 75.1 cm³/mol. The topological polar surface area (TPSA) is 130 Å². The molecule has 1 heterocycles. The predicted octanol–water partition coefficient (Wildman–Crippen LogP) is -1.08. The second-order valence-electron chi connectivity index (χ2n) is 5.12. The van der Waals surface area contributed by atoms with Gasteiger partial charge in [0.2, 0.25) is 10.0 Å². The Hall–Kier alpha value is -0.690. The van der Waals surface area contributed by atoms with Crippen LogP contribution in [0.3, 0.4) is 0 Å². The first-order valence-corrected chi connectivity index (χ1v) is 11.2. The molecule has 0 aromatic rings. The van der Waals surface area contributed by atoms with E-state index in [1.165, 1.54) is 0 Å². The summed E-state index contributed by atoms with van der Waals surface area (Å²) in [5.41, 5.74) is 0. The van der Waals surface area contributed by atoms with Gasteiger partial charge in [-0.05, 0) is 0 Å². The first-order chi connectivity index (χ1) is 11.3. The Morgan fingerprint density at radius 3 is 1.65 bits per heavy atom. The van der Waals surface area contributed by atoms with Gasteiger partial charge in [0.1, 0.15) is 0 Å². The van der Waals surface area contributed by atoms with Crippen molar-refractivity contribution < 1.29 is 51.6 Å². The lowest BCUT2D eigenvalue weighted by atomic mass is 10.3. The maximum absolute atomic E-state index is 13.9. The van der Waals surface area contributed by atoms with Crippen molar-refractivity contribution in [2.24, 2.45) is 0 Å². The number of sulfonamides is 3. The summed E-state index contributed by atoms with van der Waals surface area (Å²) in [6.45, 7) is -2.00. The van der Waals surface area contributed by atoms with E-state index in [0.717, 1.165) is 0 Å². The first kappa shape index (κ1) is 23.3. The number of halogens is 6. The summed E-state index contributed by atoms with van der Waals surface area (Å²) >= 11 is 0. The minimum absolute atomic E-state index is 0.0195. The number of hydrogen-bond donors (Lipinski definition) is 2. The fourth-order valence-corrected chi connectivity index (χ4v) is 5.78. The Bertz CT molecular complexity index is 850. The Morgan fingerprint density at radius 2 is 1.27 bits per heavy atom. The third kappa shape index (κ3) is 3.79. The van der Waals surface area contributed by atoms with E-state index in [0.29, 0.717) is 0 Å². The SMILES string of the molecule is CS(=O)(=O)NS(=O)(=O)C(F)(F)C(F)(F)C(F)(F)S(=O)(=O)N1CCNCC1. The van der Waals surface area contributed by atoms with Crippen molar-refractivity contribution in [1.82, 2.24) is 13.7 Å². The number of nitrogens with zero attached hydrogens (tertiary/aromatic N) is 1. The zero-order chi connectivity index (χ0) is 20.8. The van der Waals surface area contributed by atoms with Crippen molar-refractivity contribution >= 4 is 30.1 Å². The van der Waals surface area contributed by atoms with Crippen LogP contribution in [-0.2, 0) is 30.1 Å². The summed E-state index contributed by atoms with van der Waals surface area (Å²) in [6.07, 6.45) is -0.0195. The minimum Gasteiger partial charge on any atom is -0.314 e. The van der Waals surface area contributed by atoms with Crippen LogP contribution in [0, 0.1) is 0 Å². The van der Waals surface area contributed by atoms with Crippen molar-refractivity contribution in [3.63, 3.8) is 0 Å². The molecule has 1 aliphatic rings. The number of hydrogen-bond acceptors (Lipinski definition) is 7. The molecule has 9 nitrogen and oxygen atoms in total. The van der Waals surface area contributed by atoms with Gasteiger partial charge < -0.3 is 5.32 Å². The molecule has 0 aromatic heterocycles. The maximum atomic E-state index is 13.9. The number of rotatable bonds is 7. The molecule has 2 N–H and O–H groups in total. The Labute approximate surface area is 144 Å². The second-order valence-corrected chi connectivity index (χ2v) is 10.8. The molecular weight excluding hydrogens is 444 g/mol. The molecule has 0 aliphatic carbocycles. The molecule has 0 amide bonds. The van der Waals surface area contributed by atoms with Gasteiger partial charge in [-0.3, -0.25) is 0 Å². The molecule has 0 saturated carbocycles. The molecule has 156 valence electrons. The lowest BCUT2D eigenvalue weighted by molar-refractivity contribution is -0.245. The largest absolute Gasteiger partial charge is 0.429 e. The molecule has 26 heavy (non-hydrogen) atoms. The van der Waals surface area contributed by atoms with E-state index in [9.17, 15) is 51.6 Å². The highest BCUT2D eigenvalue weighted by Gasteiger charge is 2.82. The monoisotopic (exact) mass is 457 g/mol. The Balaban J connectivity index is 3.44. The summed E-state index contributed by atoms with van der Waals surface area (Å²) in [5, 5.41) is -10.8. The van der Waals surface area contributed by atoms with E-state index >= 15 is 0 Å². The molecule has 18 heteroatoms. The van der Waals surface area contributed by atoms with Crippen LogP contribution < -0.4 is 9.44 Å². The number of nitrogens with one attached hydrogen (secondary N) is 2. The number of piperazine rings is 1. The van der Waals surface area contributed by atoms with Gasteiger partial charge in [-0.15, -0.1) is 4.13 Å². The van der Waals surface area contributed by atoms with E-state index in [4.69, 9.17) is 0 Å². The molecule has 0 aromatic carbocycles. The third-order valence-electron chi connectivity index (χ3n) is 3.07. The zero-order valence-electron chi connectivity index (χ0n) is 12.7. The summed E-state index contributed by atoms with van der Waals surface area (Å²) in [6, 6.07) is 0. The molecule has 0 atom stereocenters. The van der Waals surface area contributed by atoms with Crippen LogP contribution in [0.2, 0.25) is 0 Å². The van der Waals surface area contributed by atoms with Crippen LogP contribution in [0.5, 0.6) is 0 Å². The molecular formula is C8H13F6N3O6S3. The average Bonchev–Trinajstić information content (AvgIpc) is 2.44. The Morgan fingerprint density at radius 1 is 0.846 bits per heavy atom. The smallest absolute Gasteiger partial charge is 0.314 e. The van der Waals surface area contributed by atoms with Gasteiger partial charge in [-0.25, -0.2) is 25.3 Å². The van der Waals surface area contributed by atoms with Crippen LogP contribution >= 0.6 is 0 Å². The fraction of sp³-hybridized carbons (Fsp3) is 1.00. The van der Waals surface area contributed by atoms with E-state index < -0.39 is 59.6 Å². The summed E-state index contributed by atoms with van der Waals surface area (Å²) in [4.78, 5) is 0. The first-order valence-electron chi connectivity index (χ1n) is 6.38. The van der Waals surface area contributed by atoms with Gasteiger partial charge in [0, 0.05) is 26.2 Å². The molecule has 0 spiro atoms. The second kappa shape index (κ2) is 6.73.